The van der Waals surface area contributed by atoms with Crippen molar-refractivity contribution in [3.8, 4) is 0 Å². The van der Waals surface area contributed by atoms with Gasteiger partial charge in [0.15, 0.2) is 0 Å². The molecular formula is C24H32F2N2O. The minimum absolute atomic E-state index is 0.264. The van der Waals surface area contributed by atoms with E-state index in [1.165, 1.54) is 12.1 Å². The number of alkyl halides is 1. The lowest BCUT2D eigenvalue weighted by molar-refractivity contribution is -0.0882. The Labute approximate surface area is 172 Å². The number of nitrogens with zero attached hydrogens (tertiary/aromatic N) is 2. The summed E-state index contributed by atoms with van der Waals surface area (Å²) in [4.78, 5) is 6.76. The number of aliphatic hydroxyl groups is 1. The predicted octanol–water partition coefficient (Wildman–Crippen LogP) is 4.81. The van der Waals surface area contributed by atoms with E-state index in [1.54, 1.807) is 19.1 Å². The summed E-state index contributed by atoms with van der Waals surface area (Å²) in [6.07, 6.45) is 3.94. The Hall–Kier alpha value is -1.85. The number of halogens is 2. The van der Waals surface area contributed by atoms with Gasteiger partial charge in [-0.05, 0) is 82.8 Å². The van der Waals surface area contributed by atoms with Crippen LogP contribution in [0.2, 0.25) is 0 Å². The van der Waals surface area contributed by atoms with E-state index in [1.807, 2.05) is 19.2 Å². The third-order valence-electron chi connectivity index (χ3n) is 6.97. The molecule has 5 heteroatoms. The molecular weight excluding hydrogens is 370 g/mol. The normalized spacial score (nSPS) is 22.6. The quantitative estimate of drug-likeness (QED) is 0.722. The molecule has 1 saturated heterocycles. The third-order valence-corrected chi connectivity index (χ3v) is 6.97. The SMILES string of the molecule is Cc1ccc(C(C)(C)N2CCC(CCc3ccc(F)cc3)(C(C)(O)CF)C2)cn1. The monoisotopic (exact) mass is 402 g/mol. The van der Waals surface area contributed by atoms with E-state index in [2.05, 4.69) is 29.8 Å². The highest BCUT2D eigenvalue weighted by Crippen LogP contribution is 2.48. The Morgan fingerprint density at radius 1 is 1.14 bits per heavy atom. The van der Waals surface area contributed by atoms with Crippen molar-refractivity contribution in [1.82, 2.24) is 9.88 Å². The summed E-state index contributed by atoms with van der Waals surface area (Å²) >= 11 is 0. The second kappa shape index (κ2) is 8.11. The highest BCUT2D eigenvalue weighted by atomic mass is 19.1. The van der Waals surface area contributed by atoms with Gasteiger partial charge in [-0.25, -0.2) is 8.78 Å². The molecule has 0 aliphatic carbocycles. The number of pyridine rings is 1. The van der Waals surface area contributed by atoms with Crippen LogP contribution < -0.4 is 0 Å². The summed E-state index contributed by atoms with van der Waals surface area (Å²) in [5.41, 5.74) is 0.831. The molecule has 2 heterocycles. The van der Waals surface area contributed by atoms with Crippen molar-refractivity contribution in [3.05, 3.63) is 65.2 Å². The Kier molecular flexibility index (Phi) is 6.11. The van der Waals surface area contributed by atoms with Gasteiger partial charge in [-0.15, -0.1) is 0 Å². The largest absolute Gasteiger partial charge is 0.387 e. The fourth-order valence-corrected chi connectivity index (χ4v) is 4.45. The average molecular weight is 403 g/mol. The fraction of sp³-hybridized carbons (Fsp3) is 0.542. The number of hydrogen-bond donors (Lipinski definition) is 1. The van der Waals surface area contributed by atoms with Crippen LogP contribution in [0, 0.1) is 18.2 Å². The van der Waals surface area contributed by atoms with Crippen LogP contribution in [0.25, 0.3) is 0 Å². The van der Waals surface area contributed by atoms with Crippen LogP contribution in [0.15, 0.2) is 42.6 Å². The molecule has 1 N–H and O–H groups in total. The lowest BCUT2D eigenvalue weighted by Crippen LogP contribution is -2.51. The number of likely N-dealkylation sites (tertiary alicyclic amines) is 1. The highest BCUT2D eigenvalue weighted by molar-refractivity contribution is 5.23. The molecule has 29 heavy (non-hydrogen) atoms. The smallest absolute Gasteiger partial charge is 0.123 e. The van der Waals surface area contributed by atoms with Crippen LogP contribution in [0.1, 0.15) is 50.4 Å². The average Bonchev–Trinajstić information content (AvgIpc) is 3.15. The zero-order chi connectivity index (χ0) is 21.3. The van der Waals surface area contributed by atoms with Gasteiger partial charge in [0.05, 0.1) is 5.60 Å². The first-order valence-corrected chi connectivity index (χ1v) is 10.3. The van der Waals surface area contributed by atoms with E-state index >= 15 is 0 Å². The Morgan fingerprint density at radius 3 is 2.41 bits per heavy atom. The summed E-state index contributed by atoms with van der Waals surface area (Å²) in [5, 5.41) is 11.0. The summed E-state index contributed by atoms with van der Waals surface area (Å²) in [5.74, 6) is -0.264. The van der Waals surface area contributed by atoms with Gasteiger partial charge in [-0.2, -0.15) is 0 Å². The van der Waals surface area contributed by atoms with Crippen LogP contribution >= 0.6 is 0 Å². The van der Waals surface area contributed by atoms with Crippen molar-refractivity contribution in [1.29, 1.82) is 0 Å². The molecule has 3 rings (SSSR count). The second-order valence-corrected chi connectivity index (χ2v) is 9.23. The topological polar surface area (TPSA) is 36.4 Å². The number of aryl methyl sites for hydroxylation is 2. The standard InChI is InChI=1S/C24H32F2N2O/c1-18-5-8-20(15-27-18)22(2,3)28-14-13-24(17-28,23(4,29)16-25)12-11-19-6-9-21(26)10-7-19/h5-10,15,29H,11-14,16-17H2,1-4H3. The van der Waals surface area contributed by atoms with Crippen molar-refractivity contribution in [3.63, 3.8) is 0 Å². The summed E-state index contributed by atoms with van der Waals surface area (Å²) in [7, 11) is 0. The van der Waals surface area contributed by atoms with Crippen molar-refractivity contribution >= 4 is 0 Å². The highest BCUT2D eigenvalue weighted by Gasteiger charge is 2.53. The molecule has 2 aromatic rings. The maximum atomic E-state index is 13.9. The van der Waals surface area contributed by atoms with Crippen LogP contribution in [-0.2, 0) is 12.0 Å². The molecule has 2 atom stereocenters. The Morgan fingerprint density at radius 2 is 1.83 bits per heavy atom. The molecule has 158 valence electrons. The minimum atomic E-state index is -1.41. The number of benzene rings is 1. The number of aromatic nitrogens is 1. The van der Waals surface area contributed by atoms with E-state index in [9.17, 15) is 13.9 Å². The van der Waals surface area contributed by atoms with Crippen LogP contribution in [0.5, 0.6) is 0 Å². The summed E-state index contributed by atoms with van der Waals surface area (Å²) in [6, 6.07) is 10.5. The van der Waals surface area contributed by atoms with Gasteiger partial charge in [0.1, 0.15) is 12.5 Å². The van der Waals surface area contributed by atoms with Crippen molar-refractivity contribution < 1.29 is 13.9 Å². The van der Waals surface area contributed by atoms with Crippen LogP contribution in [0.3, 0.4) is 0 Å². The molecule has 0 radical (unpaired) electrons. The van der Waals surface area contributed by atoms with Crippen molar-refractivity contribution in [2.75, 3.05) is 19.8 Å². The maximum Gasteiger partial charge on any atom is 0.123 e. The lowest BCUT2D eigenvalue weighted by atomic mass is 9.69. The van der Waals surface area contributed by atoms with E-state index < -0.39 is 17.7 Å². The Balaban J connectivity index is 1.83. The molecule has 2 unspecified atom stereocenters. The van der Waals surface area contributed by atoms with Gasteiger partial charge in [-0.1, -0.05) is 18.2 Å². The van der Waals surface area contributed by atoms with Crippen LogP contribution in [0.4, 0.5) is 8.78 Å². The van der Waals surface area contributed by atoms with Crippen molar-refractivity contribution in [2.45, 2.75) is 58.1 Å². The molecule has 1 aliphatic heterocycles. The second-order valence-electron chi connectivity index (χ2n) is 9.23. The molecule has 1 fully saturated rings. The first-order valence-electron chi connectivity index (χ1n) is 10.3. The molecule has 0 bridgehead atoms. The van der Waals surface area contributed by atoms with Gasteiger partial charge in [-0.3, -0.25) is 9.88 Å². The molecule has 0 amide bonds. The molecule has 1 aromatic carbocycles. The molecule has 0 spiro atoms. The zero-order valence-electron chi connectivity index (χ0n) is 17.9. The van der Waals surface area contributed by atoms with Gasteiger partial charge in [0.2, 0.25) is 0 Å². The molecule has 0 saturated carbocycles. The third kappa shape index (κ3) is 4.36. The van der Waals surface area contributed by atoms with Gasteiger partial charge in [0, 0.05) is 29.4 Å². The fourth-order valence-electron chi connectivity index (χ4n) is 4.45. The summed E-state index contributed by atoms with van der Waals surface area (Å²) < 4.78 is 27.1. The van der Waals surface area contributed by atoms with Gasteiger partial charge in [0.25, 0.3) is 0 Å². The molecule has 1 aliphatic rings. The summed E-state index contributed by atoms with van der Waals surface area (Å²) in [6.45, 7) is 8.48. The van der Waals surface area contributed by atoms with Crippen molar-refractivity contribution in [2.24, 2.45) is 5.41 Å². The molecule has 3 nitrogen and oxygen atoms in total. The first kappa shape index (κ1) is 21.8. The number of hydrogen-bond acceptors (Lipinski definition) is 3. The van der Waals surface area contributed by atoms with E-state index in [4.69, 9.17) is 0 Å². The minimum Gasteiger partial charge on any atom is -0.387 e. The predicted molar refractivity (Wildman–Crippen MR) is 112 cm³/mol. The van der Waals surface area contributed by atoms with E-state index in [0.717, 1.165) is 23.4 Å². The van der Waals surface area contributed by atoms with Gasteiger partial charge < -0.3 is 5.11 Å². The first-order chi connectivity index (χ1) is 13.6. The maximum absolute atomic E-state index is 13.9. The zero-order valence-corrected chi connectivity index (χ0v) is 17.9. The lowest BCUT2D eigenvalue weighted by Gasteiger charge is -2.43. The van der Waals surface area contributed by atoms with E-state index in [-0.39, 0.29) is 11.4 Å². The van der Waals surface area contributed by atoms with Gasteiger partial charge >= 0.3 is 0 Å². The number of rotatable bonds is 7. The van der Waals surface area contributed by atoms with Crippen LogP contribution in [-0.4, -0.2) is 40.4 Å². The Bertz CT molecular complexity index is 818. The van der Waals surface area contributed by atoms with E-state index in [0.29, 0.717) is 25.8 Å². The molecule has 1 aromatic heterocycles.